The summed E-state index contributed by atoms with van der Waals surface area (Å²) in [5.74, 6) is 1.18. The Balaban J connectivity index is 1.59. The van der Waals surface area contributed by atoms with Gasteiger partial charge in [0.2, 0.25) is 5.91 Å². The Kier molecular flexibility index (Phi) is 5.21. The van der Waals surface area contributed by atoms with Crippen molar-refractivity contribution < 1.29 is 14.3 Å². The number of nitrogens with zero attached hydrogens (tertiary/aromatic N) is 3. The quantitative estimate of drug-likeness (QED) is 0.688. The number of methoxy groups -OCH3 is 2. The van der Waals surface area contributed by atoms with E-state index in [1.54, 1.807) is 44.9 Å². The maximum atomic E-state index is 12.3. The SMILES string of the molecule is COc1cc(CNC(=O)CCn2ccn3nccc3c2=O)cc(OC)c1. The lowest BCUT2D eigenvalue weighted by molar-refractivity contribution is -0.121. The van der Waals surface area contributed by atoms with E-state index < -0.39 is 0 Å². The van der Waals surface area contributed by atoms with Crippen LogP contribution in [0.3, 0.4) is 0 Å². The monoisotopic (exact) mass is 356 g/mol. The second-order valence-electron chi connectivity index (χ2n) is 5.71. The molecule has 1 amide bonds. The van der Waals surface area contributed by atoms with E-state index in [-0.39, 0.29) is 17.9 Å². The molecule has 3 rings (SSSR count). The summed E-state index contributed by atoms with van der Waals surface area (Å²) in [6.45, 7) is 0.650. The number of nitrogens with one attached hydrogen (secondary N) is 1. The molecule has 1 aromatic carbocycles. The molecule has 8 nitrogen and oxygen atoms in total. The van der Waals surface area contributed by atoms with E-state index in [9.17, 15) is 9.59 Å². The Labute approximate surface area is 150 Å². The molecular formula is C18H20N4O4. The summed E-state index contributed by atoms with van der Waals surface area (Å²) in [5.41, 5.74) is 1.18. The van der Waals surface area contributed by atoms with E-state index in [1.165, 1.54) is 9.08 Å². The molecule has 0 radical (unpaired) electrons. The van der Waals surface area contributed by atoms with Crippen LogP contribution in [-0.2, 0) is 17.9 Å². The molecular weight excluding hydrogens is 336 g/mol. The molecule has 0 atom stereocenters. The molecule has 8 heteroatoms. The van der Waals surface area contributed by atoms with E-state index >= 15 is 0 Å². The second kappa shape index (κ2) is 7.73. The average Bonchev–Trinajstić information content (AvgIpc) is 3.15. The van der Waals surface area contributed by atoms with E-state index in [0.717, 1.165) is 5.56 Å². The molecule has 0 aliphatic rings. The van der Waals surface area contributed by atoms with Gasteiger partial charge in [0.1, 0.15) is 17.0 Å². The van der Waals surface area contributed by atoms with Crippen LogP contribution in [0.25, 0.3) is 5.52 Å². The number of hydrogen-bond acceptors (Lipinski definition) is 5. The van der Waals surface area contributed by atoms with Gasteiger partial charge in [-0.05, 0) is 23.8 Å². The second-order valence-corrected chi connectivity index (χ2v) is 5.71. The van der Waals surface area contributed by atoms with Crippen LogP contribution >= 0.6 is 0 Å². The number of carbonyl (C=O) groups is 1. The first-order chi connectivity index (χ1) is 12.6. The molecule has 0 aliphatic carbocycles. The van der Waals surface area contributed by atoms with Gasteiger partial charge in [-0.3, -0.25) is 9.59 Å². The van der Waals surface area contributed by atoms with Crippen LogP contribution in [0.4, 0.5) is 0 Å². The van der Waals surface area contributed by atoms with Gasteiger partial charge in [0.15, 0.2) is 0 Å². The Morgan fingerprint density at radius 3 is 2.58 bits per heavy atom. The first-order valence-corrected chi connectivity index (χ1v) is 8.12. The number of fused-ring (bicyclic) bond motifs is 1. The van der Waals surface area contributed by atoms with Gasteiger partial charge in [0.25, 0.3) is 5.56 Å². The van der Waals surface area contributed by atoms with Crippen molar-refractivity contribution in [1.82, 2.24) is 19.5 Å². The fourth-order valence-corrected chi connectivity index (χ4v) is 2.62. The Bertz CT molecular complexity index is 954. The maximum absolute atomic E-state index is 12.3. The molecule has 1 N–H and O–H groups in total. The van der Waals surface area contributed by atoms with Crippen molar-refractivity contribution in [1.29, 1.82) is 0 Å². The normalized spacial score (nSPS) is 10.7. The molecule has 0 fully saturated rings. The lowest BCUT2D eigenvalue weighted by atomic mass is 10.2. The molecule has 2 heterocycles. The molecule has 2 aromatic heterocycles. The van der Waals surface area contributed by atoms with Crippen LogP contribution in [0, 0.1) is 0 Å². The van der Waals surface area contributed by atoms with Crippen molar-refractivity contribution in [2.24, 2.45) is 0 Å². The van der Waals surface area contributed by atoms with E-state index in [0.29, 0.717) is 30.1 Å². The number of carbonyl (C=O) groups excluding carboxylic acids is 1. The molecule has 0 unspecified atom stereocenters. The molecule has 136 valence electrons. The summed E-state index contributed by atoms with van der Waals surface area (Å²) in [5, 5.41) is 6.85. The highest BCUT2D eigenvalue weighted by molar-refractivity contribution is 5.75. The van der Waals surface area contributed by atoms with Gasteiger partial charge in [-0.1, -0.05) is 0 Å². The minimum absolute atomic E-state index is 0.146. The average molecular weight is 356 g/mol. The summed E-state index contributed by atoms with van der Waals surface area (Å²) in [7, 11) is 3.15. The van der Waals surface area contributed by atoms with Gasteiger partial charge in [-0.25, -0.2) is 4.52 Å². The number of rotatable bonds is 7. The van der Waals surface area contributed by atoms with Gasteiger partial charge >= 0.3 is 0 Å². The zero-order valence-electron chi connectivity index (χ0n) is 14.6. The van der Waals surface area contributed by atoms with Crippen molar-refractivity contribution in [3.05, 3.63) is 58.8 Å². The van der Waals surface area contributed by atoms with Crippen LogP contribution in [0.1, 0.15) is 12.0 Å². The number of amides is 1. The van der Waals surface area contributed by atoms with Crippen molar-refractivity contribution in [2.45, 2.75) is 19.5 Å². The largest absolute Gasteiger partial charge is 0.497 e. The number of ether oxygens (including phenoxy) is 2. The minimum atomic E-state index is -0.171. The predicted molar refractivity (Wildman–Crippen MR) is 95.5 cm³/mol. The van der Waals surface area contributed by atoms with Crippen LogP contribution in [0.15, 0.2) is 47.7 Å². The molecule has 0 aliphatic heterocycles. The van der Waals surface area contributed by atoms with Crippen LogP contribution in [-0.4, -0.2) is 34.3 Å². The lowest BCUT2D eigenvalue weighted by Gasteiger charge is -2.10. The number of hydrogen-bond donors (Lipinski definition) is 1. The Morgan fingerprint density at radius 2 is 1.88 bits per heavy atom. The summed E-state index contributed by atoms with van der Waals surface area (Å²) in [6.07, 6.45) is 5.08. The number of aryl methyl sites for hydroxylation is 1. The molecule has 26 heavy (non-hydrogen) atoms. The van der Waals surface area contributed by atoms with Crippen molar-refractivity contribution in [3.63, 3.8) is 0 Å². The topological polar surface area (TPSA) is 86.9 Å². The Hall–Kier alpha value is -3.29. The lowest BCUT2D eigenvalue weighted by Crippen LogP contribution is -2.27. The van der Waals surface area contributed by atoms with Crippen molar-refractivity contribution >= 4 is 11.4 Å². The molecule has 0 bridgehead atoms. The van der Waals surface area contributed by atoms with Crippen LogP contribution in [0.5, 0.6) is 11.5 Å². The van der Waals surface area contributed by atoms with Crippen LogP contribution in [0.2, 0.25) is 0 Å². The van der Waals surface area contributed by atoms with Gasteiger partial charge in [0.05, 0.1) is 20.4 Å². The smallest absolute Gasteiger partial charge is 0.276 e. The number of benzene rings is 1. The van der Waals surface area contributed by atoms with Crippen molar-refractivity contribution in [2.75, 3.05) is 14.2 Å². The van der Waals surface area contributed by atoms with Gasteiger partial charge in [0, 0.05) is 38.0 Å². The first-order valence-electron chi connectivity index (χ1n) is 8.12. The molecule has 3 aromatic rings. The third-order valence-corrected chi connectivity index (χ3v) is 4.02. The molecule has 0 spiro atoms. The van der Waals surface area contributed by atoms with Crippen molar-refractivity contribution in [3.8, 4) is 11.5 Å². The third-order valence-electron chi connectivity index (χ3n) is 4.02. The van der Waals surface area contributed by atoms with E-state index in [2.05, 4.69) is 10.4 Å². The summed E-state index contributed by atoms with van der Waals surface area (Å²) in [4.78, 5) is 24.4. The minimum Gasteiger partial charge on any atom is -0.497 e. The van der Waals surface area contributed by atoms with Crippen LogP contribution < -0.4 is 20.3 Å². The third kappa shape index (κ3) is 3.85. The summed E-state index contributed by atoms with van der Waals surface area (Å²) in [6, 6.07) is 7.08. The molecule has 0 saturated carbocycles. The van der Waals surface area contributed by atoms with Gasteiger partial charge in [-0.15, -0.1) is 0 Å². The summed E-state index contributed by atoms with van der Waals surface area (Å²) < 4.78 is 13.4. The highest BCUT2D eigenvalue weighted by Gasteiger charge is 2.07. The number of aromatic nitrogens is 3. The molecule has 0 saturated heterocycles. The highest BCUT2D eigenvalue weighted by Crippen LogP contribution is 2.22. The van der Waals surface area contributed by atoms with E-state index in [1.807, 2.05) is 12.1 Å². The zero-order valence-corrected chi connectivity index (χ0v) is 14.6. The fourth-order valence-electron chi connectivity index (χ4n) is 2.62. The van der Waals surface area contributed by atoms with Gasteiger partial charge in [-0.2, -0.15) is 5.10 Å². The maximum Gasteiger partial charge on any atom is 0.276 e. The zero-order chi connectivity index (χ0) is 18.5. The van der Waals surface area contributed by atoms with E-state index in [4.69, 9.17) is 9.47 Å². The highest BCUT2D eigenvalue weighted by atomic mass is 16.5. The Morgan fingerprint density at radius 1 is 1.15 bits per heavy atom. The fraction of sp³-hybridized carbons (Fsp3) is 0.278. The standard InChI is InChI=1S/C18H20N4O4/c1-25-14-9-13(10-15(11-14)26-2)12-19-17(23)4-6-21-7-8-22-16(18(21)24)3-5-20-22/h3,5,7-11H,4,6,12H2,1-2H3,(H,19,23). The summed E-state index contributed by atoms with van der Waals surface area (Å²) >= 11 is 0. The predicted octanol–water partition coefficient (Wildman–Crippen LogP) is 1.22. The van der Waals surface area contributed by atoms with Gasteiger partial charge < -0.3 is 19.4 Å². The first kappa shape index (κ1) is 17.5.